The predicted octanol–water partition coefficient (Wildman–Crippen LogP) is 2.51. The molecule has 0 radical (unpaired) electrons. The van der Waals surface area contributed by atoms with E-state index in [2.05, 4.69) is 15.1 Å². The molecule has 1 atom stereocenters. The molecule has 0 aliphatic heterocycles. The van der Waals surface area contributed by atoms with E-state index in [9.17, 15) is 0 Å². The summed E-state index contributed by atoms with van der Waals surface area (Å²) >= 11 is 0. The van der Waals surface area contributed by atoms with Gasteiger partial charge < -0.3 is 10.6 Å². The van der Waals surface area contributed by atoms with Crippen LogP contribution in [0.5, 0.6) is 0 Å². The van der Waals surface area contributed by atoms with Gasteiger partial charge in [-0.2, -0.15) is 4.80 Å². The molecule has 1 heterocycles. The summed E-state index contributed by atoms with van der Waals surface area (Å²) < 4.78 is 0. The molecule has 1 aromatic heterocycles. The Morgan fingerprint density at radius 1 is 1.00 bits per heavy atom. The normalized spacial score (nSPS) is 12.6. The summed E-state index contributed by atoms with van der Waals surface area (Å²) in [6, 6.07) is 14.1. The van der Waals surface area contributed by atoms with Crippen molar-refractivity contribution in [3.8, 4) is 5.69 Å². The molecule has 0 saturated carbocycles. The van der Waals surface area contributed by atoms with E-state index in [1.807, 2.05) is 63.5 Å². The number of hydrogen-bond donors (Lipinski definition) is 1. The van der Waals surface area contributed by atoms with Gasteiger partial charge in [0.2, 0.25) is 0 Å². The molecule has 2 aromatic carbocycles. The fraction of sp³-hybridized carbons (Fsp3) is 0.250. The van der Waals surface area contributed by atoms with Gasteiger partial charge in [0.1, 0.15) is 11.0 Å². The van der Waals surface area contributed by atoms with Crippen LogP contribution in [0.2, 0.25) is 0 Å². The molecule has 0 fully saturated rings. The third-order valence-corrected chi connectivity index (χ3v) is 3.53. The lowest BCUT2D eigenvalue weighted by Crippen LogP contribution is -2.07. The molecule has 0 amide bonds. The molecule has 3 aromatic rings. The molecule has 0 bridgehead atoms. The maximum atomic E-state index is 5.87. The third kappa shape index (κ3) is 2.60. The summed E-state index contributed by atoms with van der Waals surface area (Å²) in [4.78, 5) is 3.71. The standard InChI is InChI=1S/C16H19N5/c1-11(17)12-4-6-13(7-5-12)21-18-15-9-8-14(20(2)3)10-16(15)19-21/h4-11H,17H2,1-3H3/t11-/m0/s1. The van der Waals surface area contributed by atoms with E-state index in [1.54, 1.807) is 4.80 Å². The van der Waals surface area contributed by atoms with E-state index in [4.69, 9.17) is 5.73 Å². The van der Waals surface area contributed by atoms with E-state index in [0.29, 0.717) is 0 Å². The maximum absolute atomic E-state index is 5.87. The lowest BCUT2D eigenvalue weighted by molar-refractivity contribution is 0.761. The number of hydrogen-bond acceptors (Lipinski definition) is 4. The summed E-state index contributed by atoms with van der Waals surface area (Å²) in [5, 5.41) is 9.06. The molecule has 0 spiro atoms. The lowest BCUT2D eigenvalue weighted by Gasteiger charge is -2.10. The Labute approximate surface area is 124 Å². The van der Waals surface area contributed by atoms with Crippen molar-refractivity contribution >= 4 is 16.7 Å². The average Bonchev–Trinajstić information content (AvgIpc) is 2.90. The minimum Gasteiger partial charge on any atom is -0.378 e. The highest BCUT2D eigenvalue weighted by Gasteiger charge is 2.07. The summed E-state index contributed by atoms with van der Waals surface area (Å²) in [6.07, 6.45) is 0. The van der Waals surface area contributed by atoms with Gasteiger partial charge in [-0.05, 0) is 42.8 Å². The van der Waals surface area contributed by atoms with Crippen molar-refractivity contribution in [3.05, 3.63) is 48.0 Å². The van der Waals surface area contributed by atoms with Crippen molar-refractivity contribution in [1.82, 2.24) is 15.0 Å². The Bertz CT molecular complexity index is 756. The molecule has 5 nitrogen and oxygen atoms in total. The number of rotatable bonds is 3. The van der Waals surface area contributed by atoms with Gasteiger partial charge in [0.05, 0.1) is 5.69 Å². The smallest absolute Gasteiger partial charge is 0.115 e. The average molecular weight is 281 g/mol. The van der Waals surface area contributed by atoms with Crippen LogP contribution in [0.1, 0.15) is 18.5 Å². The molecule has 0 aliphatic rings. The number of nitrogens with zero attached hydrogens (tertiary/aromatic N) is 4. The number of benzene rings is 2. The van der Waals surface area contributed by atoms with E-state index in [-0.39, 0.29) is 6.04 Å². The van der Waals surface area contributed by atoms with Crippen LogP contribution in [-0.2, 0) is 0 Å². The molecule has 108 valence electrons. The third-order valence-electron chi connectivity index (χ3n) is 3.53. The van der Waals surface area contributed by atoms with Crippen LogP contribution in [0.25, 0.3) is 16.7 Å². The Morgan fingerprint density at radius 2 is 1.67 bits per heavy atom. The van der Waals surface area contributed by atoms with Crippen molar-refractivity contribution in [3.63, 3.8) is 0 Å². The molecule has 5 heteroatoms. The van der Waals surface area contributed by atoms with Crippen LogP contribution >= 0.6 is 0 Å². The van der Waals surface area contributed by atoms with Gasteiger partial charge in [0, 0.05) is 25.8 Å². The van der Waals surface area contributed by atoms with Crippen molar-refractivity contribution in [1.29, 1.82) is 0 Å². The number of aromatic nitrogens is 3. The Morgan fingerprint density at radius 3 is 2.29 bits per heavy atom. The summed E-state index contributed by atoms with van der Waals surface area (Å²) in [6.45, 7) is 1.97. The minimum absolute atomic E-state index is 0.0337. The van der Waals surface area contributed by atoms with Gasteiger partial charge in [-0.15, -0.1) is 10.2 Å². The van der Waals surface area contributed by atoms with Gasteiger partial charge in [-0.1, -0.05) is 12.1 Å². The van der Waals surface area contributed by atoms with Gasteiger partial charge >= 0.3 is 0 Å². The Hall–Kier alpha value is -2.40. The molecule has 0 unspecified atom stereocenters. The zero-order valence-corrected chi connectivity index (χ0v) is 12.5. The van der Waals surface area contributed by atoms with Crippen LogP contribution in [0.4, 0.5) is 5.69 Å². The molecule has 3 rings (SSSR count). The van der Waals surface area contributed by atoms with Crippen molar-refractivity contribution in [2.75, 3.05) is 19.0 Å². The highest BCUT2D eigenvalue weighted by molar-refractivity contribution is 5.78. The summed E-state index contributed by atoms with van der Waals surface area (Å²) in [5.41, 5.74) is 10.8. The first-order chi connectivity index (χ1) is 10.0. The van der Waals surface area contributed by atoms with E-state index in [1.165, 1.54) is 0 Å². The molecule has 21 heavy (non-hydrogen) atoms. The van der Waals surface area contributed by atoms with Crippen LogP contribution in [0.15, 0.2) is 42.5 Å². The number of anilines is 1. The minimum atomic E-state index is 0.0337. The second-order valence-corrected chi connectivity index (χ2v) is 5.44. The summed E-state index contributed by atoms with van der Waals surface area (Å²) in [5.74, 6) is 0. The first kappa shape index (κ1) is 13.6. The molecular formula is C16H19N5. The fourth-order valence-corrected chi connectivity index (χ4v) is 2.21. The van der Waals surface area contributed by atoms with Gasteiger partial charge in [0.15, 0.2) is 0 Å². The van der Waals surface area contributed by atoms with Crippen molar-refractivity contribution in [2.24, 2.45) is 5.73 Å². The molecule has 0 aliphatic carbocycles. The second-order valence-electron chi connectivity index (χ2n) is 5.44. The molecule has 2 N–H and O–H groups in total. The van der Waals surface area contributed by atoms with Crippen molar-refractivity contribution in [2.45, 2.75) is 13.0 Å². The van der Waals surface area contributed by atoms with Gasteiger partial charge in [0.25, 0.3) is 0 Å². The van der Waals surface area contributed by atoms with Crippen molar-refractivity contribution < 1.29 is 0 Å². The lowest BCUT2D eigenvalue weighted by atomic mass is 10.1. The van der Waals surface area contributed by atoms with E-state index >= 15 is 0 Å². The Balaban J connectivity index is 2.00. The van der Waals surface area contributed by atoms with Crippen LogP contribution in [-0.4, -0.2) is 29.1 Å². The highest BCUT2D eigenvalue weighted by Crippen LogP contribution is 2.19. The van der Waals surface area contributed by atoms with E-state index in [0.717, 1.165) is 28.0 Å². The largest absolute Gasteiger partial charge is 0.378 e. The van der Waals surface area contributed by atoms with Crippen LogP contribution in [0, 0.1) is 0 Å². The first-order valence-electron chi connectivity index (χ1n) is 6.95. The summed E-state index contributed by atoms with van der Waals surface area (Å²) in [7, 11) is 4.02. The fourth-order valence-electron chi connectivity index (χ4n) is 2.21. The molecular weight excluding hydrogens is 262 g/mol. The number of fused-ring (bicyclic) bond motifs is 1. The zero-order valence-electron chi connectivity index (χ0n) is 12.5. The SMILES string of the molecule is C[C@H](N)c1ccc(-n2nc3ccc(N(C)C)cc3n2)cc1. The topological polar surface area (TPSA) is 60.0 Å². The molecule has 0 saturated heterocycles. The first-order valence-corrected chi connectivity index (χ1v) is 6.95. The van der Waals surface area contributed by atoms with Crippen LogP contribution in [0.3, 0.4) is 0 Å². The van der Waals surface area contributed by atoms with Crippen LogP contribution < -0.4 is 10.6 Å². The Kier molecular flexibility index (Phi) is 3.35. The quantitative estimate of drug-likeness (QED) is 0.801. The predicted molar refractivity (Wildman–Crippen MR) is 85.8 cm³/mol. The van der Waals surface area contributed by atoms with E-state index < -0.39 is 0 Å². The van der Waals surface area contributed by atoms with Gasteiger partial charge in [-0.25, -0.2) is 0 Å². The number of nitrogens with two attached hydrogens (primary N) is 1. The maximum Gasteiger partial charge on any atom is 0.115 e. The monoisotopic (exact) mass is 281 g/mol. The second kappa shape index (κ2) is 5.18. The zero-order chi connectivity index (χ0) is 15.0. The van der Waals surface area contributed by atoms with Gasteiger partial charge in [-0.3, -0.25) is 0 Å². The highest BCUT2D eigenvalue weighted by atomic mass is 15.5.